The molecule has 3 nitrogen and oxygen atoms in total. The van der Waals surface area contributed by atoms with Crippen LogP contribution in [0.25, 0.3) is 0 Å². The summed E-state index contributed by atoms with van der Waals surface area (Å²) in [4.78, 5) is 16.2. The van der Waals surface area contributed by atoms with E-state index in [9.17, 15) is 13.6 Å². The Kier molecular flexibility index (Phi) is 7.11. The smallest absolute Gasteiger partial charge is 0.277 e. The quantitative estimate of drug-likeness (QED) is 0.436. The van der Waals surface area contributed by atoms with Crippen molar-refractivity contribution in [3.63, 3.8) is 0 Å². The number of hydrogen-bond acceptors (Lipinski definition) is 2. The summed E-state index contributed by atoms with van der Waals surface area (Å²) in [7, 11) is 0. The van der Waals surface area contributed by atoms with Gasteiger partial charge in [-0.1, -0.05) is 13.0 Å². The summed E-state index contributed by atoms with van der Waals surface area (Å²) in [6.45, 7) is 5.04. The van der Waals surface area contributed by atoms with Crippen LogP contribution in [-0.2, 0) is 4.79 Å². The minimum atomic E-state index is -0.701. The molecular formula is C16H17BrF2N2O. The number of nitrogens with one attached hydrogen (secondary N) is 1. The minimum absolute atomic E-state index is 0.310. The van der Waals surface area contributed by atoms with Crippen LogP contribution in [0.4, 0.5) is 14.5 Å². The van der Waals surface area contributed by atoms with Crippen LogP contribution in [0.3, 0.4) is 0 Å². The van der Waals surface area contributed by atoms with Gasteiger partial charge < -0.3 is 5.32 Å². The van der Waals surface area contributed by atoms with Gasteiger partial charge in [-0.15, -0.1) is 0 Å². The second-order valence-electron chi connectivity index (χ2n) is 4.44. The predicted octanol–water partition coefficient (Wildman–Crippen LogP) is 5.11. The molecule has 0 atom stereocenters. The number of hydrogen-bond donors (Lipinski definition) is 1. The first-order valence-electron chi connectivity index (χ1n) is 6.72. The number of carbonyl (C=O) groups is 1. The van der Waals surface area contributed by atoms with Crippen molar-refractivity contribution in [2.24, 2.45) is 4.99 Å². The van der Waals surface area contributed by atoms with Gasteiger partial charge in [0, 0.05) is 5.69 Å². The lowest BCUT2D eigenvalue weighted by Gasteiger charge is -2.08. The highest BCUT2D eigenvalue weighted by Crippen LogP contribution is 2.20. The minimum Gasteiger partial charge on any atom is -0.321 e. The second-order valence-corrected chi connectivity index (χ2v) is 5.35. The van der Waals surface area contributed by atoms with Gasteiger partial charge in [0.2, 0.25) is 0 Å². The molecule has 0 radical (unpaired) electrons. The molecule has 0 aliphatic carbocycles. The highest BCUT2D eigenvalue weighted by atomic mass is 79.9. The molecule has 0 fully saturated rings. The van der Waals surface area contributed by atoms with Crippen LogP contribution in [0, 0.1) is 5.82 Å². The molecule has 1 aromatic rings. The fourth-order valence-corrected chi connectivity index (χ4v) is 1.61. The van der Waals surface area contributed by atoms with Crippen molar-refractivity contribution in [1.29, 1.82) is 0 Å². The van der Waals surface area contributed by atoms with Crippen molar-refractivity contribution in [2.45, 2.75) is 27.2 Å². The van der Waals surface area contributed by atoms with Crippen LogP contribution < -0.4 is 5.32 Å². The maximum absolute atomic E-state index is 14.3. The summed E-state index contributed by atoms with van der Waals surface area (Å²) in [6.07, 6.45) is 2.07. The van der Waals surface area contributed by atoms with E-state index in [4.69, 9.17) is 0 Å². The first-order chi connectivity index (χ1) is 10.4. The number of anilines is 1. The molecule has 0 saturated carbocycles. The number of amides is 1. The van der Waals surface area contributed by atoms with Crippen LogP contribution in [-0.4, -0.2) is 10.5 Å². The van der Waals surface area contributed by atoms with E-state index in [1.165, 1.54) is 24.3 Å². The monoisotopic (exact) mass is 370 g/mol. The molecule has 0 saturated heterocycles. The summed E-state index contributed by atoms with van der Waals surface area (Å²) in [5, 5.41) is 2.50. The maximum atomic E-state index is 14.3. The van der Waals surface area contributed by atoms with E-state index in [2.05, 4.69) is 26.2 Å². The lowest BCUT2D eigenvalue weighted by Crippen LogP contribution is -2.15. The van der Waals surface area contributed by atoms with Gasteiger partial charge in [0.25, 0.3) is 5.91 Å². The summed E-state index contributed by atoms with van der Waals surface area (Å²) in [5.74, 6) is -1.82. The zero-order valence-electron chi connectivity index (χ0n) is 12.6. The number of aliphatic imine (C=N–C) groups is 1. The topological polar surface area (TPSA) is 41.5 Å². The SMILES string of the molecule is C/C=C(/C)C(F)=C(N=C(Br)CC)C(=O)Nc1ccc(F)cc1. The zero-order chi connectivity index (χ0) is 16.7. The third kappa shape index (κ3) is 5.18. The molecule has 1 rings (SSSR count). The molecule has 0 spiro atoms. The largest absolute Gasteiger partial charge is 0.321 e. The van der Waals surface area contributed by atoms with Crippen molar-refractivity contribution in [3.05, 3.63) is 53.3 Å². The van der Waals surface area contributed by atoms with Gasteiger partial charge in [-0.3, -0.25) is 4.79 Å². The van der Waals surface area contributed by atoms with E-state index in [1.54, 1.807) is 19.9 Å². The Morgan fingerprint density at radius 3 is 2.45 bits per heavy atom. The molecule has 0 aliphatic rings. The molecule has 0 heterocycles. The Bertz CT molecular complexity index is 634. The Morgan fingerprint density at radius 1 is 1.36 bits per heavy atom. The van der Waals surface area contributed by atoms with E-state index < -0.39 is 17.6 Å². The summed E-state index contributed by atoms with van der Waals surface area (Å²) in [6, 6.07) is 5.20. The number of rotatable bonds is 5. The average molecular weight is 371 g/mol. The summed E-state index contributed by atoms with van der Waals surface area (Å²) < 4.78 is 27.7. The number of carbonyl (C=O) groups excluding carboxylic acids is 1. The number of allylic oxidation sites excluding steroid dienone is 3. The molecule has 118 valence electrons. The van der Waals surface area contributed by atoms with Gasteiger partial charge in [-0.2, -0.15) is 0 Å². The summed E-state index contributed by atoms with van der Waals surface area (Å²) >= 11 is 3.18. The lowest BCUT2D eigenvalue weighted by molar-refractivity contribution is -0.113. The Morgan fingerprint density at radius 2 is 1.95 bits per heavy atom. The van der Waals surface area contributed by atoms with E-state index in [0.29, 0.717) is 22.3 Å². The normalized spacial score (nSPS) is 13.7. The van der Waals surface area contributed by atoms with Crippen molar-refractivity contribution >= 4 is 32.1 Å². The van der Waals surface area contributed by atoms with Crippen LogP contribution in [0.15, 0.2) is 52.4 Å². The van der Waals surface area contributed by atoms with Crippen LogP contribution in [0.2, 0.25) is 0 Å². The van der Waals surface area contributed by atoms with E-state index in [0.717, 1.165) is 0 Å². The van der Waals surface area contributed by atoms with Gasteiger partial charge in [0.15, 0.2) is 11.5 Å². The van der Waals surface area contributed by atoms with Crippen molar-refractivity contribution in [2.75, 3.05) is 5.32 Å². The van der Waals surface area contributed by atoms with Crippen LogP contribution in [0.5, 0.6) is 0 Å². The number of halogens is 3. The van der Waals surface area contributed by atoms with Gasteiger partial charge in [0.1, 0.15) is 5.82 Å². The maximum Gasteiger partial charge on any atom is 0.277 e. The van der Waals surface area contributed by atoms with Gasteiger partial charge >= 0.3 is 0 Å². The van der Waals surface area contributed by atoms with Crippen LogP contribution in [0.1, 0.15) is 27.2 Å². The molecule has 1 N–H and O–H groups in total. The molecular weight excluding hydrogens is 354 g/mol. The van der Waals surface area contributed by atoms with E-state index in [-0.39, 0.29) is 5.70 Å². The molecule has 0 unspecified atom stereocenters. The molecule has 0 aromatic heterocycles. The lowest BCUT2D eigenvalue weighted by atomic mass is 10.2. The summed E-state index contributed by atoms with van der Waals surface area (Å²) in [5.41, 5.74) is 0.343. The third-order valence-electron chi connectivity index (χ3n) is 2.83. The Balaban J connectivity index is 3.16. The fourth-order valence-electron chi connectivity index (χ4n) is 1.44. The van der Waals surface area contributed by atoms with Gasteiger partial charge in [-0.25, -0.2) is 13.8 Å². The van der Waals surface area contributed by atoms with Crippen molar-refractivity contribution < 1.29 is 13.6 Å². The average Bonchev–Trinajstić information content (AvgIpc) is 2.52. The number of nitrogens with zero attached hydrogens (tertiary/aromatic N) is 1. The second kappa shape index (κ2) is 8.58. The van der Waals surface area contributed by atoms with Crippen molar-refractivity contribution in [1.82, 2.24) is 0 Å². The van der Waals surface area contributed by atoms with Crippen molar-refractivity contribution in [3.8, 4) is 0 Å². The standard InChI is InChI=1S/C16H17BrF2N2O/c1-4-10(3)14(19)15(21-13(17)5-2)16(22)20-12-8-6-11(18)7-9-12/h4,6-9H,5H2,1-3H3,(H,20,22)/b10-4-,15-14?,21-13?. The molecule has 1 aromatic carbocycles. The molecule has 0 aliphatic heterocycles. The zero-order valence-corrected chi connectivity index (χ0v) is 14.2. The Hall–Kier alpha value is -1.82. The van der Waals surface area contributed by atoms with Gasteiger partial charge in [-0.05, 0) is 66.0 Å². The molecule has 0 bridgehead atoms. The predicted molar refractivity (Wildman–Crippen MR) is 89.2 cm³/mol. The molecule has 6 heteroatoms. The Labute approximate surface area is 137 Å². The van der Waals surface area contributed by atoms with E-state index in [1.807, 2.05) is 6.92 Å². The van der Waals surface area contributed by atoms with Crippen LogP contribution >= 0.6 is 15.9 Å². The van der Waals surface area contributed by atoms with E-state index >= 15 is 0 Å². The first-order valence-corrected chi connectivity index (χ1v) is 7.51. The molecule has 22 heavy (non-hydrogen) atoms. The third-order valence-corrected chi connectivity index (χ3v) is 3.57. The highest BCUT2D eigenvalue weighted by molar-refractivity contribution is 9.18. The van der Waals surface area contributed by atoms with Gasteiger partial charge in [0.05, 0.1) is 4.62 Å². The first kappa shape index (κ1) is 18.2. The fraction of sp³-hybridized carbons (Fsp3) is 0.250. The molecule has 1 amide bonds. The number of benzene rings is 1. The highest BCUT2D eigenvalue weighted by Gasteiger charge is 2.17.